The predicted molar refractivity (Wildman–Crippen MR) is 57.1 cm³/mol. The molecule has 0 saturated heterocycles. The summed E-state index contributed by atoms with van der Waals surface area (Å²) in [5, 5.41) is 27.4. The lowest BCUT2D eigenvalue weighted by Gasteiger charge is -2.22. The third kappa shape index (κ3) is 2.91. The van der Waals surface area contributed by atoms with E-state index in [1.165, 1.54) is 6.07 Å². The third-order valence-electron chi connectivity index (χ3n) is 2.41. The van der Waals surface area contributed by atoms with E-state index in [9.17, 15) is 23.4 Å². The van der Waals surface area contributed by atoms with Crippen LogP contribution in [-0.4, -0.2) is 16.3 Å². The van der Waals surface area contributed by atoms with Crippen molar-refractivity contribution in [2.24, 2.45) is 0 Å². The highest BCUT2D eigenvalue weighted by molar-refractivity contribution is 5.53. The monoisotopic (exact) mass is 260 g/mol. The van der Waals surface area contributed by atoms with Crippen LogP contribution in [0.4, 0.5) is 18.9 Å². The SMILES string of the molecule is N#CCC(O)C(O)c1c(N)cccc1C(F)(F)F. The Bertz CT molecular complexity index is 468. The molecule has 0 fully saturated rings. The highest BCUT2D eigenvalue weighted by atomic mass is 19.4. The van der Waals surface area contributed by atoms with Gasteiger partial charge in [-0.2, -0.15) is 18.4 Å². The Morgan fingerprint density at radius 2 is 1.94 bits per heavy atom. The van der Waals surface area contributed by atoms with Crippen molar-refractivity contribution in [3.63, 3.8) is 0 Å². The molecule has 0 spiro atoms. The number of halogens is 3. The molecule has 1 aromatic carbocycles. The average molecular weight is 260 g/mol. The van der Waals surface area contributed by atoms with E-state index in [4.69, 9.17) is 11.0 Å². The molecule has 0 radical (unpaired) electrons. The first kappa shape index (κ1) is 14.3. The van der Waals surface area contributed by atoms with Crippen LogP contribution in [0.5, 0.6) is 0 Å². The van der Waals surface area contributed by atoms with Gasteiger partial charge in [0.15, 0.2) is 0 Å². The number of aliphatic hydroxyl groups excluding tert-OH is 2. The lowest BCUT2D eigenvalue weighted by atomic mass is 9.95. The summed E-state index contributed by atoms with van der Waals surface area (Å²) in [5.41, 5.74) is 3.39. The summed E-state index contributed by atoms with van der Waals surface area (Å²) in [6.45, 7) is 0. The number of rotatable bonds is 3. The Balaban J connectivity index is 3.27. The summed E-state index contributed by atoms with van der Waals surface area (Å²) in [7, 11) is 0. The minimum Gasteiger partial charge on any atom is -0.398 e. The molecule has 0 aliphatic rings. The van der Waals surface area contributed by atoms with Gasteiger partial charge in [-0.1, -0.05) is 6.07 Å². The molecule has 0 bridgehead atoms. The maximum absolute atomic E-state index is 12.7. The first-order valence-electron chi connectivity index (χ1n) is 4.97. The van der Waals surface area contributed by atoms with Crippen LogP contribution in [0.15, 0.2) is 18.2 Å². The minimum atomic E-state index is -4.70. The molecule has 2 atom stereocenters. The lowest BCUT2D eigenvalue weighted by molar-refractivity contribution is -0.139. The fourth-order valence-electron chi connectivity index (χ4n) is 1.56. The van der Waals surface area contributed by atoms with Gasteiger partial charge < -0.3 is 15.9 Å². The van der Waals surface area contributed by atoms with Crippen LogP contribution >= 0.6 is 0 Å². The van der Waals surface area contributed by atoms with Gasteiger partial charge in [-0.15, -0.1) is 0 Å². The summed E-state index contributed by atoms with van der Waals surface area (Å²) in [4.78, 5) is 0. The smallest absolute Gasteiger partial charge is 0.398 e. The second-order valence-corrected chi connectivity index (χ2v) is 3.68. The number of nitriles is 1. The summed E-state index contributed by atoms with van der Waals surface area (Å²) in [6.07, 6.45) is -8.67. The molecule has 0 heterocycles. The van der Waals surface area contributed by atoms with Crippen molar-refractivity contribution in [2.75, 3.05) is 5.73 Å². The number of hydrogen-bond donors (Lipinski definition) is 3. The Morgan fingerprint density at radius 3 is 2.44 bits per heavy atom. The van der Waals surface area contributed by atoms with E-state index in [2.05, 4.69) is 0 Å². The zero-order valence-corrected chi connectivity index (χ0v) is 9.15. The van der Waals surface area contributed by atoms with Crippen LogP contribution in [-0.2, 0) is 6.18 Å². The number of hydrogen-bond acceptors (Lipinski definition) is 4. The summed E-state index contributed by atoms with van der Waals surface area (Å²) >= 11 is 0. The molecular weight excluding hydrogens is 249 g/mol. The molecule has 0 aliphatic heterocycles. The maximum Gasteiger partial charge on any atom is 0.416 e. The fourth-order valence-corrected chi connectivity index (χ4v) is 1.56. The molecule has 7 heteroatoms. The van der Waals surface area contributed by atoms with Gasteiger partial charge in [0.2, 0.25) is 0 Å². The molecule has 4 N–H and O–H groups in total. The summed E-state index contributed by atoms with van der Waals surface area (Å²) in [5.74, 6) is 0. The molecule has 0 aliphatic carbocycles. The molecule has 0 aromatic heterocycles. The van der Waals surface area contributed by atoms with Crippen molar-refractivity contribution in [1.82, 2.24) is 0 Å². The second kappa shape index (κ2) is 5.25. The molecule has 0 amide bonds. The highest BCUT2D eigenvalue weighted by Gasteiger charge is 2.37. The van der Waals surface area contributed by atoms with E-state index < -0.39 is 35.9 Å². The van der Waals surface area contributed by atoms with Gasteiger partial charge in [0.1, 0.15) is 6.10 Å². The van der Waals surface area contributed by atoms with E-state index >= 15 is 0 Å². The minimum absolute atomic E-state index is 0.283. The molecule has 98 valence electrons. The molecule has 1 rings (SSSR count). The van der Waals surface area contributed by atoms with Crippen LogP contribution < -0.4 is 5.73 Å². The van der Waals surface area contributed by atoms with Gasteiger partial charge in [-0.3, -0.25) is 0 Å². The first-order valence-corrected chi connectivity index (χ1v) is 4.97. The van der Waals surface area contributed by atoms with Gasteiger partial charge in [0.25, 0.3) is 0 Å². The Morgan fingerprint density at radius 1 is 1.33 bits per heavy atom. The van der Waals surface area contributed by atoms with Crippen molar-refractivity contribution >= 4 is 5.69 Å². The summed E-state index contributed by atoms with van der Waals surface area (Å²) < 4.78 is 38.2. The van der Waals surface area contributed by atoms with Crippen molar-refractivity contribution < 1.29 is 23.4 Å². The largest absolute Gasteiger partial charge is 0.416 e. The maximum atomic E-state index is 12.7. The number of benzene rings is 1. The van der Waals surface area contributed by atoms with Gasteiger partial charge >= 0.3 is 6.18 Å². The number of nitrogens with zero attached hydrogens (tertiary/aromatic N) is 1. The molecule has 18 heavy (non-hydrogen) atoms. The topological polar surface area (TPSA) is 90.3 Å². The summed E-state index contributed by atoms with van der Waals surface area (Å²) in [6, 6.07) is 4.61. The van der Waals surface area contributed by atoms with Gasteiger partial charge in [0, 0.05) is 11.3 Å². The average Bonchev–Trinajstić information content (AvgIpc) is 2.27. The Labute approximate surface area is 101 Å². The normalized spacial score (nSPS) is 14.9. The highest BCUT2D eigenvalue weighted by Crippen LogP contribution is 2.38. The fraction of sp³-hybridized carbons (Fsp3) is 0.364. The molecule has 0 saturated carbocycles. The predicted octanol–water partition coefficient (Wildman–Crippen LogP) is 1.60. The van der Waals surface area contributed by atoms with Crippen molar-refractivity contribution in [1.29, 1.82) is 5.26 Å². The lowest BCUT2D eigenvalue weighted by Crippen LogP contribution is -2.22. The Kier molecular flexibility index (Phi) is 4.16. The molecule has 1 aromatic rings. The zero-order chi connectivity index (χ0) is 13.9. The quantitative estimate of drug-likeness (QED) is 0.720. The van der Waals surface area contributed by atoms with Crippen LogP contribution in [0.25, 0.3) is 0 Å². The van der Waals surface area contributed by atoms with Crippen molar-refractivity contribution in [3.8, 4) is 6.07 Å². The Hall–Kier alpha value is -1.78. The number of nitrogen functional groups attached to an aromatic ring is 1. The van der Waals surface area contributed by atoms with Gasteiger partial charge in [-0.25, -0.2) is 0 Å². The van der Waals surface area contributed by atoms with Crippen molar-refractivity contribution in [2.45, 2.75) is 24.8 Å². The zero-order valence-electron chi connectivity index (χ0n) is 9.15. The van der Waals surface area contributed by atoms with Crippen LogP contribution in [0.3, 0.4) is 0 Å². The van der Waals surface area contributed by atoms with Crippen LogP contribution in [0.1, 0.15) is 23.7 Å². The standard InChI is InChI=1S/C11H11F3N2O2/c12-11(13,14)6-2-1-3-7(16)9(6)10(18)8(17)4-5-15/h1-3,8,10,17-18H,4,16H2. The number of aliphatic hydroxyl groups is 2. The molecule has 4 nitrogen and oxygen atoms in total. The van der Waals surface area contributed by atoms with E-state index in [0.717, 1.165) is 12.1 Å². The third-order valence-corrected chi connectivity index (χ3v) is 2.41. The second-order valence-electron chi connectivity index (χ2n) is 3.68. The first-order chi connectivity index (χ1) is 8.29. The van der Waals surface area contributed by atoms with E-state index in [-0.39, 0.29) is 5.69 Å². The van der Waals surface area contributed by atoms with E-state index in [0.29, 0.717) is 0 Å². The van der Waals surface area contributed by atoms with Gasteiger partial charge in [0.05, 0.1) is 24.2 Å². The van der Waals surface area contributed by atoms with Gasteiger partial charge in [-0.05, 0) is 12.1 Å². The molecule has 2 unspecified atom stereocenters. The van der Waals surface area contributed by atoms with E-state index in [1.807, 2.05) is 0 Å². The number of nitrogens with two attached hydrogens (primary N) is 1. The van der Waals surface area contributed by atoms with Crippen LogP contribution in [0.2, 0.25) is 0 Å². The van der Waals surface area contributed by atoms with E-state index in [1.54, 1.807) is 6.07 Å². The van der Waals surface area contributed by atoms with Crippen molar-refractivity contribution in [3.05, 3.63) is 29.3 Å². The number of alkyl halides is 3. The molecular formula is C11H11F3N2O2. The number of anilines is 1. The van der Waals surface area contributed by atoms with Crippen LogP contribution in [0, 0.1) is 11.3 Å².